The Morgan fingerprint density at radius 1 is 1.47 bits per heavy atom. The lowest BCUT2D eigenvalue weighted by Gasteiger charge is -2.22. The fraction of sp³-hybridized carbons (Fsp3) is 0.357. The van der Waals surface area contributed by atoms with Crippen LogP contribution in [0.25, 0.3) is 0 Å². The molecule has 1 atom stereocenters. The predicted molar refractivity (Wildman–Crippen MR) is 75.9 cm³/mol. The number of amides is 1. The zero-order valence-corrected chi connectivity index (χ0v) is 11.9. The molecule has 0 aliphatic heterocycles. The van der Waals surface area contributed by atoms with E-state index in [2.05, 4.69) is 23.7 Å². The molecule has 0 saturated heterocycles. The maximum atomic E-state index is 11.8. The van der Waals surface area contributed by atoms with Crippen molar-refractivity contribution in [3.05, 3.63) is 46.5 Å². The predicted octanol–water partition coefficient (Wildman–Crippen LogP) is 2.65. The Bertz CT molecular complexity index is 494. The fourth-order valence-electron chi connectivity index (χ4n) is 1.76. The first-order valence-corrected chi connectivity index (χ1v) is 7.07. The second kappa shape index (κ2) is 6.54. The first-order valence-electron chi connectivity index (χ1n) is 6.19. The van der Waals surface area contributed by atoms with E-state index in [-0.39, 0.29) is 11.9 Å². The molecule has 1 amide bonds. The van der Waals surface area contributed by atoms with Gasteiger partial charge in [0.1, 0.15) is 5.76 Å². The van der Waals surface area contributed by atoms with Gasteiger partial charge in [-0.25, -0.2) is 0 Å². The number of thiophene rings is 1. The van der Waals surface area contributed by atoms with Crippen molar-refractivity contribution < 1.29 is 9.21 Å². The van der Waals surface area contributed by atoms with Crippen molar-refractivity contribution in [1.82, 2.24) is 10.2 Å². The van der Waals surface area contributed by atoms with Crippen molar-refractivity contribution in [3.63, 3.8) is 0 Å². The minimum atomic E-state index is 0.00214. The number of nitrogens with one attached hydrogen (secondary N) is 1. The lowest BCUT2D eigenvalue weighted by molar-refractivity contribution is -0.122. The normalized spacial score (nSPS) is 12.6. The molecule has 2 rings (SSSR count). The van der Waals surface area contributed by atoms with E-state index in [1.165, 1.54) is 4.88 Å². The van der Waals surface area contributed by atoms with Gasteiger partial charge in [0, 0.05) is 10.9 Å². The highest BCUT2D eigenvalue weighted by Gasteiger charge is 2.15. The van der Waals surface area contributed by atoms with E-state index in [1.54, 1.807) is 17.6 Å². The molecular formula is C14H18N2O2S. The molecule has 5 heteroatoms. The zero-order chi connectivity index (χ0) is 13.7. The molecule has 1 unspecified atom stereocenters. The monoisotopic (exact) mass is 278 g/mol. The Hall–Kier alpha value is -1.59. The van der Waals surface area contributed by atoms with Gasteiger partial charge < -0.3 is 9.73 Å². The van der Waals surface area contributed by atoms with Crippen LogP contribution < -0.4 is 5.32 Å². The summed E-state index contributed by atoms with van der Waals surface area (Å²) in [5, 5.41) is 4.90. The summed E-state index contributed by atoms with van der Waals surface area (Å²) in [6, 6.07) is 8.02. The Kier molecular flexibility index (Phi) is 4.76. The van der Waals surface area contributed by atoms with Crippen LogP contribution in [0.4, 0.5) is 0 Å². The third kappa shape index (κ3) is 3.94. The number of likely N-dealkylation sites (N-methyl/N-ethyl adjacent to an activating group) is 1. The van der Waals surface area contributed by atoms with Crippen LogP contribution in [-0.2, 0) is 11.3 Å². The third-order valence-electron chi connectivity index (χ3n) is 3.05. The maximum absolute atomic E-state index is 11.8. The molecule has 19 heavy (non-hydrogen) atoms. The van der Waals surface area contributed by atoms with Crippen LogP contribution in [-0.4, -0.2) is 24.4 Å². The number of nitrogens with zero attached hydrogens (tertiary/aromatic N) is 1. The summed E-state index contributed by atoms with van der Waals surface area (Å²) < 4.78 is 5.17. The number of furan rings is 1. The lowest BCUT2D eigenvalue weighted by atomic mass is 10.2. The van der Waals surface area contributed by atoms with Crippen molar-refractivity contribution in [1.29, 1.82) is 0 Å². The Morgan fingerprint density at radius 3 is 2.95 bits per heavy atom. The first-order chi connectivity index (χ1) is 9.16. The summed E-state index contributed by atoms with van der Waals surface area (Å²) in [4.78, 5) is 15.1. The van der Waals surface area contributed by atoms with Crippen LogP contribution >= 0.6 is 11.3 Å². The smallest absolute Gasteiger partial charge is 0.234 e. The van der Waals surface area contributed by atoms with E-state index in [4.69, 9.17) is 4.42 Å². The number of rotatable bonds is 6. The molecule has 0 radical (unpaired) electrons. The lowest BCUT2D eigenvalue weighted by Crippen LogP contribution is -2.35. The van der Waals surface area contributed by atoms with E-state index >= 15 is 0 Å². The Morgan fingerprint density at radius 2 is 2.32 bits per heavy atom. The molecule has 2 aromatic heterocycles. The minimum absolute atomic E-state index is 0.00214. The highest BCUT2D eigenvalue weighted by atomic mass is 32.1. The minimum Gasteiger partial charge on any atom is -0.467 e. The third-order valence-corrected chi connectivity index (χ3v) is 4.09. The van der Waals surface area contributed by atoms with Gasteiger partial charge in [-0.15, -0.1) is 11.3 Å². The van der Waals surface area contributed by atoms with Crippen molar-refractivity contribution in [2.75, 3.05) is 13.6 Å². The van der Waals surface area contributed by atoms with E-state index in [1.807, 2.05) is 30.1 Å². The molecule has 0 aromatic carbocycles. The number of carbonyl (C=O) groups is 1. The zero-order valence-electron chi connectivity index (χ0n) is 11.1. The van der Waals surface area contributed by atoms with Gasteiger partial charge in [-0.3, -0.25) is 9.69 Å². The molecule has 102 valence electrons. The molecule has 2 aromatic rings. The van der Waals surface area contributed by atoms with E-state index in [9.17, 15) is 4.79 Å². The average Bonchev–Trinajstić information content (AvgIpc) is 3.08. The van der Waals surface area contributed by atoms with Gasteiger partial charge in [-0.2, -0.15) is 0 Å². The largest absolute Gasteiger partial charge is 0.467 e. The molecule has 4 nitrogen and oxygen atoms in total. The number of hydrogen-bond acceptors (Lipinski definition) is 4. The van der Waals surface area contributed by atoms with E-state index < -0.39 is 0 Å². The number of hydrogen-bond donors (Lipinski definition) is 1. The van der Waals surface area contributed by atoms with Gasteiger partial charge in [0.25, 0.3) is 0 Å². The van der Waals surface area contributed by atoms with Gasteiger partial charge in [-0.05, 0) is 37.6 Å². The summed E-state index contributed by atoms with van der Waals surface area (Å²) in [7, 11) is 1.96. The van der Waals surface area contributed by atoms with Crippen molar-refractivity contribution in [3.8, 4) is 0 Å². The van der Waals surface area contributed by atoms with Gasteiger partial charge in [0.15, 0.2) is 0 Å². The van der Waals surface area contributed by atoms with Crippen LogP contribution in [0.15, 0.2) is 40.3 Å². The molecular weight excluding hydrogens is 260 g/mol. The topological polar surface area (TPSA) is 45.5 Å². The maximum Gasteiger partial charge on any atom is 0.234 e. The summed E-state index contributed by atoms with van der Waals surface area (Å²) >= 11 is 1.71. The summed E-state index contributed by atoms with van der Waals surface area (Å²) in [5.41, 5.74) is 0. The molecule has 0 bridgehead atoms. The van der Waals surface area contributed by atoms with Gasteiger partial charge >= 0.3 is 0 Å². The second-order valence-corrected chi connectivity index (χ2v) is 5.44. The average molecular weight is 278 g/mol. The van der Waals surface area contributed by atoms with Gasteiger partial charge in [-0.1, -0.05) is 6.07 Å². The molecule has 0 fully saturated rings. The van der Waals surface area contributed by atoms with Crippen LogP contribution in [0.1, 0.15) is 23.6 Å². The first kappa shape index (κ1) is 13.8. The van der Waals surface area contributed by atoms with Gasteiger partial charge in [0.05, 0.1) is 19.4 Å². The fourth-order valence-corrected chi connectivity index (χ4v) is 2.61. The van der Waals surface area contributed by atoms with Crippen LogP contribution in [0, 0.1) is 0 Å². The SMILES string of the molecule is CC(c1cccs1)N(C)CC(=O)NCc1ccco1. The van der Waals surface area contributed by atoms with E-state index in [0.29, 0.717) is 13.1 Å². The summed E-state index contributed by atoms with van der Waals surface area (Å²) in [6.07, 6.45) is 1.60. The molecule has 0 aliphatic rings. The van der Waals surface area contributed by atoms with Gasteiger partial charge in [0.2, 0.25) is 5.91 Å². The highest BCUT2D eigenvalue weighted by molar-refractivity contribution is 7.10. The standard InChI is InChI=1S/C14H18N2O2S/c1-11(13-6-4-8-19-13)16(2)10-14(17)15-9-12-5-3-7-18-12/h3-8,11H,9-10H2,1-2H3,(H,15,17). The van der Waals surface area contributed by atoms with E-state index in [0.717, 1.165) is 5.76 Å². The molecule has 0 spiro atoms. The summed E-state index contributed by atoms with van der Waals surface area (Å²) in [5.74, 6) is 0.768. The second-order valence-electron chi connectivity index (χ2n) is 4.46. The van der Waals surface area contributed by atoms with Crippen LogP contribution in [0.5, 0.6) is 0 Å². The molecule has 2 heterocycles. The molecule has 0 saturated carbocycles. The van der Waals surface area contributed by atoms with Crippen molar-refractivity contribution in [2.24, 2.45) is 0 Å². The quantitative estimate of drug-likeness (QED) is 0.883. The van der Waals surface area contributed by atoms with Crippen LogP contribution in [0.3, 0.4) is 0 Å². The Labute approximate surface area is 117 Å². The van der Waals surface area contributed by atoms with Crippen molar-refractivity contribution in [2.45, 2.75) is 19.5 Å². The van der Waals surface area contributed by atoms with Crippen LogP contribution in [0.2, 0.25) is 0 Å². The molecule has 0 aliphatic carbocycles. The highest BCUT2D eigenvalue weighted by Crippen LogP contribution is 2.22. The van der Waals surface area contributed by atoms with Crippen molar-refractivity contribution >= 4 is 17.2 Å². The Balaban J connectivity index is 1.78. The molecule has 1 N–H and O–H groups in total. The summed E-state index contributed by atoms with van der Waals surface area (Å²) in [6.45, 7) is 2.92. The number of carbonyl (C=O) groups excluding carboxylic acids is 1.